The van der Waals surface area contributed by atoms with Crippen LogP contribution in [-0.2, 0) is 0 Å². The number of aromatic nitrogens is 2. The molecule has 1 rings (SSSR count). The Kier molecular flexibility index (Phi) is 2.42. The minimum Gasteiger partial charge on any atom is -0.387 e. The molecule has 0 bridgehead atoms. The van der Waals surface area contributed by atoms with Crippen LogP contribution in [0.15, 0.2) is 6.20 Å². The molecule has 0 saturated carbocycles. The van der Waals surface area contributed by atoms with Gasteiger partial charge in [0.25, 0.3) is 0 Å². The molecule has 0 amide bonds. The van der Waals surface area contributed by atoms with E-state index in [9.17, 15) is 0 Å². The van der Waals surface area contributed by atoms with Crippen LogP contribution in [0.1, 0.15) is 24.4 Å². The smallest absolute Gasteiger partial charge is 0.150 e. The Balaban J connectivity index is 3.05. The van der Waals surface area contributed by atoms with E-state index in [4.69, 9.17) is 16.7 Å². The highest BCUT2D eigenvalue weighted by Crippen LogP contribution is 2.12. The van der Waals surface area contributed by atoms with Gasteiger partial charge < -0.3 is 5.11 Å². The summed E-state index contributed by atoms with van der Waals surface area (Å²) in [7, 11) is 0. The van der Waals surface area contributed by atoms with Crippen molar-refractivity contribution in [1.29, 1.82) is 0 Å². The van der Waals surface area contributed by atoms with E-state index >= 15 is 0 Å². The first-order valence-electron chi connectivity index (χ1n) is 3.28. The van der Waals surface area contributed by atoms with Gasteiger partial charge >= 0.3 is 0 Å². The molecule has 4 heteroatoms. The summed E-state index contributed by atoms with van der Waals surface area (Å²) in [4.78, 5) is 7.87. The molecule has 1 unspecified atom stereocenters. The van der Waals surface area contributed by atoms with Crippen LogP contribution < -0.4 is 0 Å². The first-order chi connectivity index (χ1) is 5.11. The van der Waals surface area contributed by atoms with E-state index in [2.05, 4.69) is 9.97 Å². The molecular weight excluding hydrogens is 164 g/mol. The molecule has 0 aromatic carbocycles. The lowest BCUT2D eigenvalue weighted by Crippen LogP contribution is -1.98. The van der Waals surface area contributed by atoms with E-state index in [-0.39, 0.29) is 0 Å². The van der Waals surface area contributed by atoms with Gasteiger partial charge in [0.2, 0.25) is 0 Å². The van der Waals surface area contributed by atoms with Crippen molar-refractivity contribution in [2.24, 2.45) is 0 Å². The molecule has 0 radical (unpaired) electrons. The third kappa shape index (κ3) is 1.88. The monoisotopic (exact) mass is 172 g/mol. The minimum absolute atomic E-state index is 0.384. The number of aryl methyl sites for hydroxylation is 1. The molecule has 1 aromatic heterocycles. The van der Waals surface area contributed by atoms with Gasteiger partial charge in [0.1, 0.15) is 5.15 Å². The predicted molar refractivity (Wildman–Crippen MR) is 42.4 cm³/mol. The number of halogens is 1. The maximum atomic E-state index is 9.09. The second kappa shape index (κ2) is 3.15. The summed E-state index contributed by atoms with van der Waals surface area (Å²) < 4.78 is 0. The second-order valence-electron chi connectivity index (χ2n) is 2.35. The summed E-state index contributed by atoms with van der Waals surface area (Å²) >= 11 is 5.63. The highest BCUT2D eigenvalue weighted by Gasteiger charge is 2.04. The van der Waals surface area contributed by atoms with Gasteiger partial charge in [-0.3, -0.25) is 4.98 Å². The van der Waals surface area contributed by atoms with Crippen LogP contribution in [0.5, 0.6) is 0 Å². The van der Waals surface area contributed by atoms with E-state index in [1.54, 1.807) is 13.8 Å². The van der Waals surface area contributed by atoms with Crippen molar-refractivity contribution in [2.45, 2.75) is 20.0 Å². The van der Waals surface area contributed by atoms with Crippen molar-refractivity contribution in [3.05, 3.63) is 22.7 Å². The molecule has 1 N–H and O–H groups in total. The summed E-state index contributed by atoms with van der Waals surface area (Å²) in [6, 6.07) is 0. The molecule has 0 aliphatic carbocycles. The summed E-state index contributed by atoms with van der Waals surface area (Å²) in [6.07, 6.45) is 0.887. The predicted octanol–water partition coefficient (Wildman–Crippen LogP) is 1.49. The molecule has 1 atom stereocenters. The normalized spacial score (nSPS) is 13.1. The Hall–Kier alpha value is -0.670. The van der Waals surface area contributed by atoms with E-state index in [1.807, 2.05) is 0 Å². The number of nitrogens with zero attached hydrogens (tertiary/aromatic N) is 2. The zero-order valence-corrected chi connectivity index (χ0v) is 7.13. The largest absolute Gasteiger partial charge is 0.387 e. The van der Waals surface area contributed by atoms with Crippen molar-refractivity contribution < 1.29 is 5.11 Å². The Labute approximate surface area is 70.1 Å². The third-order valence-electron chi connectivity index (χ3n) is 1.33. The average Bonchev–Trinajstić information content (AvgIpc) is 1.94. The van der Waals surface area contributed by atoms with Crippen molar-refractivity contribution in [2.75, 3.05) is 0 Å². The van der Waals surface area contributed by atoms with Gasteiger partial charge in [-0.05, 0) is 13.8 Å². The SMILES string of the molecule is Cc1nc(C(C)O)cnc1Cl. The molecule has 0 aliphatic heterocycles. The molecular formula is C7H9ClN2O. The molecule has 3 nitrogen and oxygen atoms in total. The number of aliphatic hydroxyl groups excluding tert-OH is 1. The van der Waals surface area contributed by atoms with E-state index in [0.717, 1.165) is 0 Å². The molecule has 60 valence electrons. The molecule has 0 fully saturated rings. The van der Waals surface area contributed by atoms with E-state index in [0.29, 0.717) is 16.5 Å². The number of aliphatic hydroxyl groups is 1. The molecule has 11 heavy (non-hydrogen) atoms. The van der Waals surface area contributed by atoms with Gasteiger partial charge in [0.05, 0.1) is 23.7 Å². The van der Waals surface area contributed by atoms with Crippen LogP contribution >= 0.6 is 11.6 Å². The maximum Gasteiger partial charge on any atom is 0.150 e. The van der Waals surface area contributed by atoms with Crippen LogP contribution in [0.3, 0.4) is 0 Å². The zero-order valence-electron chi connectivity index (χ0n) is 6.37. The summed E-state index contributed by atoms with van der Waals surface area (Å²) in [5, 5.41) is 9.48. The van der Waals surface area contributed by atoms with Gasteiger partial charge in [0, 0.05) is 0 Å². The van der Waals surface area contributed by atoms with E-state index in [1.165, 1.54) is 6.20 Å². The number of hydrogen-bond acceptors (Lipinski definition) is 3. The van der Waals surface area contributed by atoms with Crippen LogP contribution in [-0.4, -0.2) is 15.1 Å². The van der Waals surface area contributed by atoms with Crippen molar-refractivity contribution in [1.82, 2.24) is 9.97 Å². The molecule has 0 aliphatic rings. The van der Waals surface area contributed by atoms with Gasteiger partial charge in [-0.2, -0.15) is 0 Å². The lowest BCUT2D eigenvalue weighted by atomic mass is 10.3. The fourth-order valence-electron chi connectivity index (χ4n) is 0.686. The Morgan fingerprint density at radius 1 is 1.64 bits per heavy atom. The van der Waals surface area contributed by atoms with Gasteiger partial charge in [-0.25, -0.2) is 4.98 Å². The number of rotatable bonds is 1. The van der Waals surface area contributed by atoms with Crippen molar-refractivity contribution in [3.63, 3.8) is 0 Å². The van der Waals surface area contributed by atoms with Crippen LogP contribution in [0.25, 0.3) is 0 Å². The van der Waals surface area contributed by atoms with Crippen LogP contribution in [0.2, 0.25) is 5.15 Å². The van der Waals surface area contributed by atoms with Gasteiger partial charge in [-0.15, -0.1) is 0 Å². The topological polar surface area (TPSA) is 46.0 Å². The maximum absolute atomic E-state index is 9.09. The highest BCUT2D eigenvalue weighted by molar-refractivity contribution is 6.29. The molecule has 0 saturated heterocycles. The summed E-state index contributed by atoms with van der Waals surface area (Å²) in [6.45, 7) is 3.39. The summed E-state index contributed by atoms with van der Waals surface area (Å²) in [5.41, 5.74) is 1.19. The lowest BCUT2D eigenvalue weighted by molar-refractivity contribution is 0.193. The van der Waals surface area contributed by atoms with Gasteiger partial charge in [0.15, 0.2) is 0 Å². The van der Waals surface area contributed by atoms with Crippen molar-refractivity contribution in [3.8, 4) is 0 Å². The van der Waals surface area contributed by atoms with Crippen LogP contribution in [0.4, 0.5) is 0 Å². The quantitative estimate of drug-likeness (QED) is 0.698. The lowest BCUT2D eigenvalue weighted by Gasteiger charge is -2.03. The third-order valence-corrected chi connectivity index (χ3v) is 1.70. The Morgan fingerprint density at radius 3 is 2.73 bits per heavy atom. The molecule has 1 aromatic rings. The fraction of sp³-hybridized carbons (Fsp3) is 0.429. The first kappa shape index (κ1) is 8.43. The molecule has 0 spiro atoms. The van der Waals surface area contributed by atoms with Crippen molar-refractivity contribution >= 4 is 11.6 Å². The molecule has 1 heterocycles. The average molecular weight is 173 g/mol. The minimum atomic E-state index is -0.585. The first-order valence-corrected chi connectivity index (χ1v) is 3.66. The fourth-order valence-corrected chi connectivity index (χ4v) is 0.777. The Morgan fingerprint density at radius 2 is 2.27 bits per heavy atom. The number of hydrogen-bond donors (Lipinski definition) is 1. The van der Waals surface area contributed by atoms with Crippen LogP contribution in [0, 0.1) is 6.92 Å². The second-order valence-corrected chi connectivity index (χ2v) is 2.71. The van der Waals surface area contributed by atoms with E-state index < -0.39 is 6.10 Å². The standard InChI is InChI=1S/C7H9ClN2O/c1-4-7(8)9-3-6(10-4)5(2)11/h3,5,11H,1-2H3. The van der Waals surface area contributed by atoms with Gasteiger partial charge in [-0.1, -0.05) is 11.6 Å². The summed E-state index contributed by atoms with van der Waals surface area (Å²) in [5.74, 6) is 0. The Bertz CT molecular complexity index is 263. The zero-order chi connectivity index (χ0) is 8.43. The highest BCUT2D eigenvalue weighted by atomic mass is 35.5.